The minimum absolute atomic E-state index is 0.0493. The summed E-state index contributed by atoms with van der Waals surface area (Å²) in [6.07, 6.45) is 6.13. The van der Waals surface area contributed by atoms with Gasteiger partial charge in [-0.15, -0.1) is 0 Å². The third kappa shape index (κ3) is 4.62. The van der Waals surface area contributed by atoms with Crippen LogP contribution in [0.15, 0.2) is 84.9 Å². The highest BCUT2D eigenvalue weighted by molar-refractivity contribution is 6.09. The normalized spacial score (nSPS) is 11.1. The van der Waals surface area contributed by atoms with Crippen LogP contribution in [0.5, 0.6) is 11.5 Å². The van der Waals surface area contributed by atoms with Crippen LogP contribution in [0.4, 0.5) is 0 Å². The third-order valence-corrected chi connectivity index (χ3v) is 4.13. The molecule has 0 saturated heterocycles. The number of benzene rings is 3. The summed E-state index contributed by atoms with van der Waals surface area (Å²) in [6, 6.07) is 20.1. The summed E-state index contributed by atoms with van der Waals surface area (Å²) in [5, 5.41) is 19.4. The first-order valence-electron chi connectivity index (χ1n) is 8.65. The maximum Gasteiger partial charge on any atom is 0.189 e. The van der Waals surface area contributed by atoms with Crippen molar-refractivity contribution in [3.05, 3.63) is 107 Å². The van der Waals surface area contributed by atoms with Crippen LogP contribution >= 0.6 is 0 Å². The van der Waals surface area contributed by atoms with Crippen LogP contribution in [0.3, 0.4) is 0 Å². The Morgan fingerprint density at radius 3 is 1.29 bits per heavy atom. The van der Waals surface area contributed by atoms with Crippen molar-refractivity contribution in [3.8, 4) is 11.5 Å². The van der Waals surface area contributed by atoms with Gasteiger partial charge in [-0.25, -0.2) is 0 Å². The second kappa shape index (κ2) is 8.64. The number of allylic oxidation sites excluding steroid dienone is 2. The van der Waals surface area contributed by atoms with Crippen LogP contribution in [0.25, 0.3) is 12.2 Å². The van der Waals surface area contributed by atoms with Crippen molar-refractivity contribution in [2.75, 3.05) is 0 Å². The number of hydrogen-bond acceptors (Lipinski definition) is 4. The minimum Gasteiger partial charge on any atom is -0.507 e. The highest BCUT2D eigenvalue weighted by Crippen LogP contribution is 2.18. The molecule has 0 saturated carbocycles. The summed E-state index contributed by atoms with van der Waals surface area (Å²) in [7, 11) is 0. The summed E-state index contributed by atoms with van der Waals surface area (Å²) >= 11 is 0. The van der Waals surface area contributed by atoms with Gasteiger partial charge in [0.25, 0.3) is 0 Å². The van der Waals surface area contributed by atoms with E-state index in [9.17, 15) is 19.8 Å². The predicted molar refractivity (Wildman–Crippen MR) is 109 cm³/mol. The number of carbonyl (C=O) groups excluding carboxylic acids is 2. The molecule has 0 fully saturated rings. The van der Waals surface area contributed by atoms with Gasteiger partial charge in [0.1, 0.15) is 11.5 Å². The molecule has 0 aromatic heterocycles. The maximum absolute atomic E-state index is 12.1. The molecule has 138 valence electrons. The second-order valence-electron chi connectivity index (χ2n) is 6.10. The topological polar surface area (TPSA) is 74.6 Å². The average molecular weight is 370 g/mol. The van der Waals surface area contributed by atoms with Crippen molar-refractivity contribution in [2.24, 2.45) is 0 Å². The Morgan fingerprint density at radius 1 is 0.571 bits per heavy atom. The first-order chi connectivity index (χ1) is 13.5. The number of aromatic hydroxyl groups is 2. The SMILES string of the molecule is O=C(/C=C\c1ccc(/C=C/C(=O)c2ccccc2O)cc1)c1ccccc1O. The third-order valence-electron chi connectivity index (χ3n) is 4.13. The maximum atomic E-state index is 12.1. The Bertz CT molecular complexity index is 973. The van der Waals surface area contributed by atoms with Crippen molar-refractivity contribution in [3.63, 3.8) is 0 Å². The fraction of sp³-hybridized carbons (Fsp3) is 0. The van der Waals surface area contributed by atoms with E-state index >= 15 is 0 Å². The molecule has 0 radical (unpaired) electrons. The van der Waals surface area contributed by atoms with Gasteiger partial charge in [-0.2, -0.15) is 0 Å². The fourth-order valence-electron chi connectivity index (χ4n) is 2.61. The van der Waals surface area contributed by atoms with E-state index in [2.05, 4.69) is 0 Å². The lowest BCUT2D eigenvalue weighted by Gasteiger charge is -2.00. The lowest BCUT2D eigenvalue weighted by molar-refractivity contribution is 0.103. The van der Waals surface area contributed by atoms with Gasteiger partial charge in [-0.1, -0.05) is 60.7 Å². The van der Waals surface area contributed by atoms with Crippen LogP contribution in [0.1, 0.15) is 31.8 Å². The van der Waals surface area contributed by atoms with Crippen molar-refractivity contribution in [1.29, 1.82) is 0 Å². The summed E-state index contributed by atoms with van der Waals surface area (Å²) in [5.41, 5.74) is 2.13. The molecule has 0 aliphatic carbocycles. The Kier molecular flexibility index (Phi) is 5.82. The monoisotopic (exact) mass is 370 g/mol. The van der Waals surface area contributed by atoms with Gasteiger partial charge in [0.2, 0.25) is 0 Å². The lowest BCUT2D eigenvalue weighted by atomic mass is 10.1. The number of carbonyl (C=O) groups is 2. The van der Waals surface area contributed by atoms with Gasteiger partial charge in [0.05, 0.1) is 11.1 Å². The van der Waals surface area contributed by atoms with E-state index in [0.717, 1.165) is 11.1 Å². The molecule has 0 aliphatic rings. The first kappa shape index (κ1) is 18.9. The molecule has 0 bridgehead atoms. The molecule has 2 N–H and O–H groups in total. The van der Waals surface area contributed by atoms with E-state index in [4.69, 9.17) is 0 Å². The zero-order chi connectivity index (χ0) is 19.9. The molecule has 3 rings (SSSR count). The molecular formula is C24H18O4. The van der Waals surface area contributed by atoms with Crippen LogP contribution in [-0.4, -0.2) is 21.8 Å². The molecular weight excluding hydrogens is 352 g/mol. The fourth-order valence-corrected chi connectivity index (χ4v) is 2.61. The Hall–Kier alpha value is -3.92. The average Bonchev–Trinajstić information content (AvgIpc) is 2.71. The van der Waals surface area contributed by atoms with Crippen molar-refractivity contribution in [1.82, 2.24) is 0 Å². The number of para-hydroxylation sites is 2. The van der Waals surface area contributed by atoms with E-state index in [1.54, 1.807) is 48.6 Å². The minimum atomic E-state index is -0.282. The summed E-state index contributed by atoms with van der Waals surface area (Å²) < 4.78 is 0. The van der Waals surface area contributed by atoms with Crippen LogP contribution in [0.2, 0.25) is 0 Å². The van der Waals surface area contributed by atoms with Crippen LogP contribution in [0, 0.1) is 0 Å². The van der Waals surface area contributed by atoms with Gasteiger partial charge >= 0.3 is 0 Å². The van der Waals surface area contributed by atoms with E-state index in [-0.39, 0.29) is 34.2 Å². The van der Waals surface area contributed by atoms with Gasteiger partial charge in [-0.05, 0) is 47.5 Å². The molecule has 0 heterocycles. The molecule has 28 heavy (non-hydrogen) atoms. The zero-order valence-electron chi connectivity index (χ0n) is 14.9. The quantitative estimate of drug-likeness (QED) is 0.478. The number of rotatable bonds is 6. The summed E-state index contributed by atoms with van der Waals surface area (Å²) in [4.78, 5) is 24.3. The van der Waals surface area contributed by atoms with Gasteiger partial charge in [-0.3, -0.25) is 9.59 Å². The van der Waals surface area contributed by atoms with Crippen LogP contribution in [-0.2, 0) is 0 Å². The molecule has 0 atom stereocenters. The van der Waals surface area contributed by atoms with Gasteiger partial charge in [0, 0.05) is 0 Å². The zero-order valence-corrected chi connectivity index (χ0v) is 14.9. The van der Waals surface area contributed by atoms with E-state index in [0.29, 0.717) is 0 Å². The van der Waals surface area contributed by atoms with E-state index in [1.807, 2.05) is 24.3 Å². The Balaban J connectivity index is 1.67. The molecule has 4 heteroatoms. The lowest BCUT2D eigenvalue weighted by Crippen LogP contribution is -1.94. The molecule has 3 aromatic carbocycles. The second-order valence-corrected chi connectivity index (χ2v) is 6.10. The van der Waals surface area contributed by atoms with Crippen molar-refractivity contribution in [2.45, 2.75) is 0 Å². The first-order valence-corrected chi connectivity index (χ1v) is 8.65. The van der Waals surface area contributed by atoms with E-state index in [1.165, 1.54) is 24.3 Å². The molecule has 0 spiro atoms. The number of ketones is 2. The standard InChI is InChI=1S/C24H18O4/c25-21-7-3-1-5-19(21)23(27)15-13-17-9-11-18(12-10-17)14-16-24(28)20-6-2-4-8-22(20)26/h1-16,25-26H/b15-13-,16-14+. The predicted octanol–water partition coefficient (Wildman–Crippen LogP) is 4.89. The van der Waals surface area contributed by atoms with Gasteiger partial charge < -0.3 is 10.2 Å². The number of hydrogen-bond donors (Lipinski definition) is 2. The highest BCUT2D eigenvalue weighted by Gasteiger charge is 2.07. The number of phenols is 2. The van der Waals surface area contributed by atoms with E-state index < -0.39 is 0 Å². The number of phenolic OH excluding ortho intramolecular Hbond substituents is 2. The molecule has 0 amide bonds. The Morgan fingerprint density at radius 2 is 0.929 bits per heavy atom. The summed E-state index contributed by atoms with van der Waals surface area (Å²) in [6.45, 7) is 0. The smallest absolute Gasteiger partial charge is 0.189 e. The highest BCUT2D eigenvalue weighted by atomic mass is 16.3. The van der Waals surface area contributed by atoms with Crippen LogP contribution < -0.4 is 0 Å². The molecule has 3 aromatic rings. The molecule has 0 unspecified atom stereocenters. The molecule has 4 nitrogen and oxygen atoms in total. The van der Waals surface area contributed by atoms with Crippen molar-refractivity contribution < 1.29 is 19.8 Å². The van der Waals surface area contributed by atoms with Gasteiger partial charge in [0.15, 0.2) is 11.6 Å². The summed E-state index contributed by atoms with van der Waals surface area (Å²) in [5.74, 6) is -0.663. The largest absolute Gasteiger partial charge is 0.507 e. The van der Waals surface area contributed by atoms with Crippen molar-refractivity contribution >= 4 is 23.7 Å². The molecule has 0 aliphatic heterocycles. The Labute approximate surface area is 162 Å².